The lowest BCUT2D eigenvalue weighted by atomic mass is 10.0. The number of alkyl halides is 3. The van der Waals surface area contributed by atoms with Crippen molar-refractivity contribution in [3.05, 3.63) is 29.8 Å². The second-order valence-corrected chi connectivity index (χ2v) is 4.80. The molecule has 20 heavy (non-hydrogen) atoms. The summed E-state index contributed by atoms with van der Waals surface area (Å²) in [5.41, 5.74) is 0.606. The summed E-state index contributed by atoms with van der Waals surface area (Å²) in [7, 11) is 0. The predicted molar refractivity (Wildman–Crippen MR) is 70.6 cm³/mol. The van der Waals surface area contributed by atoms with E-state index in [0.29, 0.717) is 5.56 Å². The number of benzene rings is 1. The van der Waals surface area contributed by atoms with Gasteiger partial charge in [0.2, 0.25) is 0 Å². The first-order valence-electron chi connectivity index (χ1n) is 6.80. The largest absolute Gasteiger partial charge is 0.573 e. The molecule has 1 aromatic rings. The summed E-state index contributed by atoms with van der Waals surface area (Å²) >= 11 is 0. The van der Waals surface area contributed by atoms with Crippen LogP contribution in [0.3, 0.4) is 0 Å². The molecular weight excluding hydrogens is 269 g/mol. The van der Waals surface area contributed by atoms with Crippen molar-refractivity contribution >= 4 is 0 Å². The van der Waals surface area contributed by atoms with Gasteiger partial charge in [0, 0.05) is 37.8 Å². The van der Waals surface area contributed by atoms with E-state index >= 15 is 0 Å². The first-order valence-corrected chi connectivity index (χ1v) is 6.80. The van der Waals surface area contributed by atoms with Gasteiger partial charge in [-0.05, 0) is 12.5 Å². The van der Waals surface area contributed by atoms with Gasteiger partial charge in [-0.15, -0.1) is 13.2 Å². The quantitative estimate of drug-likeness (QED) is 0.922. The van der Waals surface area contributed by atoms with Crippen LogP contribution >= 0.6 is 0 Å². The van der Waals surface area contributed by atoms with E-state index in [-0.39, 0.29) is 11.8 Å². The van der Waals surface area contributed by atoms with Crippen LogP contribution in [0.2, 0.25) is 0 Å². The molecule has 2 rings (SSSR count). The van der Waals surface area contributed by atoms with Crippen LogP contribution in [0.1, 0.15) is 24.9 Å². The SMILES string of the molecule is CC[C@H](c1ccccc1OC(F)(F)F)N1CCNCC1. The van der Waals surface area contributed by atoms with Crippen LogP contribution in [0, 0.1) is 0 Å². The van der Waals surface area contributed by atoms with Crippen molar-refractivity contribution < 1.29 is 17.9 Å². The maximum absolute atomic E-state index is 12.5. The second kappa shape index (κ2) is 6.45. The predicted octanol–water partition coefficient (Wildman–Crippen LogP) is 2.94. The van der Waals surface area contributed by atoms with E-state index < -0.39 is 6.36 Å². The standard InChI is InChI=1S/C14H19F3N2O/c1-2-12(19-9-7-18-8-10-19)11-5-3-4-6-13(11)20-14(15,16)17/h3-6,12,18H,2,7-10H2,1H3/t12-/m1/s1. The Bertz CT molecular complexity index is 431. The van der Waals surface area contributed by atoms with Gasteiger partial charge in [0.1, 0.15) is 5.75 Å². The number of ether oxygens (including phenoxy) is 1. The highest BCUT2D eigenvalue weighted by Gasteiger charge is 2.33. The summed E-state index contributed by atoms with van der Waals surface area (Å²) in [6.07, 6.45) is -3.91. The molecule has 6 heteroatoms. The molecule has 0 spiro atoms. The Balaban J connectivity index is 2.24. The van der Waals surface area contributed by atoms with E-state index in [1.54, 1.807) is 18.2 Å². The number of hydrogen-bond donors (Lipinski definition) is 1. The van der Waals surface area contributed by atoms with Crippen molar-refractivity contribution in [3.8, 4) is 5.75 Å². The first kappa shape index (κ1) is 15.1. The molecule has 0 amide bonds. The molecule has 1 fully saturated rings. The number of nitrogens with one attached hydrogen (secondary N) is 1. The number of hydrogen-bond acceptors (Lipinski definition) is 3. The van der Waals surface area contributed by atoms with Crippen molar-refractivity contribution in [2.75, 3.05) is 26.2 Å². The zero-order valence-corrected chi connectivity index (χ0v) is 11.4. The molecule has 0 unspecified atom stereocenters. The van der Waals surface area contributed by atoms with Crippen LogP contribution in [-0.2, 0) is 0 Å². The van der Waals surface area contributed by atoms with Crippen molar-refractivity contribution in [2.45, 2.75) is 25.7 Å². The molecule has 0 aromatic heterocycles. The van der Waals surface area contributed by atoms with Crippen LogP contribution in [-0.4, -0.2) is 37.4 Å². The van der Waals surface area contributed by atoms with Crippen LogP contribution in [0.25, 0.3) is 0 Å². The summed E-state index contributed by atoms with van der Waals surface area (Å²) < 4.78 is 41.6. The van der Waals surface area contributed by atoms with Gasteiger partial charge in [-0.3, -0.25) is 4.90 Å². The molecule has 0 bridgehead atoms. The number of nitrogens with zero attached hydrogens (tertiary/aromatic N) is 1. The third-order valence-corrected chi connectivity index (χ3v) is 3.48. The fourth-order valence-corrected chi connectivity index (χ4v) is 2.64. The molecule has 1 heterocycles. The molecule has 1 saturated heterocycles. The molecule has 0 saturated carbocycles. The first-order chi connectivity index (χ1) is 9.51. The van der Waals surface area contributed by atoms with Gasteiger partial charge >= 0.3 is 6.36 Å². The summed E-state index contributed by atoms with van der Waals surface area (Å²) in [5, 5.41) is 3.25. The van der Waals surface area contributed by atoms with Crippen LogP contribution in [0.4, 0.5) is 13.2 Å². The Morgan fingerprint density at radius 1 is 1.25 bits per heavy atom. The highest BCUT2D eigenvalue weighted by molar-refractivity contribution is 5.36. The maximum Gasteiger partial charge on any atom is 0.573 e. The van der Waals surface area contributed by atoms with E-state index in [2.05, 4.69) is 15.0 Å². The lowest BCUT2D eigenvalue weighted by Gasteiger charge is -2.35. The van der Waals surface area contributed by atoms with Gasteiger partial charge in [0.05, 0.1) is 0 Å². The molecule has 1 N–H and O–H groups in total. The Kier molecular flexibility index (Phi) is 4.88. The van der Waals surface area contributed by atoms with Crippen molar-refractivity contribution in [1.82, 2.24) is 10.2 Å². The minimum atomic E-state index is -4.65. The van der Waals surface area contributed by atoms with Crippen molar-refractivity contribution in [3.63, 3.8) is 0 Å². The number of piperazine rings is 1. The summed E-state index contributed by atoms with van der Waals surface area (Å²) in [6.45, 7) is 5.37. The van der Waals surface area contributed by atoms with Gasteiger partial charge in [-0.2, -0.15) is 0 Å². The zero-order valence-electron chi connectivity index (χ0n) is 11.4. The normalized spacial score (nSPS) is 18.8. The van der Waals surface area contributed by atoms with Gasteiger partial charge in [-0.1, -0.05) is 25.1 Å². The van der Waals surface area contributed by atoms with Crippen LogP contribution in [0.5, 0.6) is 5.75 Å². The number of rotatable bonds is 4. The average Bonchev–Trinajstić information content (AvgIpc) is 2.41. The van der Waals surface area contributed by atoms with Gasteiger partial charge in [0.15, 0.2) is 0 Å². The second-order valence-electron chi connectivity index (χ2n) is 4.80. The zero-order chi connectivity index (χ0) is 14.6. The fraction of sp³-hybridized carbons (Fsp3) is 0.571. The molecule has 3 nitrogen and oxygen atoms in total. The molecule has 1 atom stereocenters. The van der Waals surface area contributed by atoms with Crippen molar-refractivity contribution in [1.29, 1.82) is 0 Å². The molecular formula is C14H19F3N2O. The monoisotopic (exact) mass is 288 g/mol. The van der Waals surface area contributed by atoms with E-state index in [9.17, 15) is 13.2 Å². The third kappa shape index (κ3) is 3.86. The Hall–Kier alpha value is -1.27. The third-order valence-electron chi connectivity index (χ3n) is 3.48. The van der Waals surface area contributed by atoms with Gasteiger partial charge < -0.3 is 10.1 Å². The minimum absolute atomic E-state index is 0.0457. The van der Waals surface area contributed by atoms with Crippen LogP contribution in [0.15, 0.2) is 24.3 Å². The molecule has 1 aromatic carbocycles. The van der Waals surface area contributed by atoms with E-state index in [1.807, 2.05) is 6.92 Å². The van der Waals surface area contributed by atoms with Crippen LogP contribution < -0.4 is 10.1 Å². The summed E-state index contributed by atoms with van der Waals surface area (Å²) in [6, 6.07) is 6.37. The molecule has 0 aliphatic carbocycles. The van der Waals surface area contributed by atoms with Gasteiger partial charge in [-0.25, -0.2) is 0 Å². The summed E-state index contributed by atoms with van der Waals surface area (Å²) in [4.78, 5) is 2.20. The smallest absolute Gasteiger partial charge is 0.405 e. The lowest BCUT2D eigenvalue weighted by molar-refractivity contribution is -0.275. The van der Waals surface area contributed by atoms with E-state index in [4.69, 9.17) is 0 Å². The fourth-order valence-electron chi connectivity index (χ4n) is 2.64. The molecule has 1 aliphatic rings. The topological polar surface area (TPSA) is 24.5 Å². The Morgan fingerprint density at radius 3 is 2.50 bits per heavy atom. The highest BCUT2D eigenvalue weighted by Crippen LogP contribution is 2.34. The average molecular weight is 288 g/mol. The number of para-hydroxylation sites is 1. The summed E-state index contributed by atoms with van der Waals surface area (Å²) in [5.74, 6) is -0.0922. The van der Waals surface area contributed by atoms with Crippen molar-refractivity contribution in [2.24, 2.45) is 0 Å². The number of halogens is 3. The lowest BCUT2D eigenvalue weighted by Crippen LogP contribution is -2.45. The molecule has 1 aliphatic heterocycles. The minimum Gasteiger partial charge on any atom is -0.405 e. The molecule has 112 valence electrons. The van der Waals surface area contributed by atoms with E-state index in [0.717, 1.165) is 32.6 Å². The highest BCUT2D eigenvalue weighted by atomic mass is 19.4. The van der Waals surface area contributed by atoms with Gasteiger partial charge in [0.25, 0.3) is 0 Å². The maximum atomic E-state index is 12.5. The Morgan fingerprint density at radius 2 is 1.90 bits per heavy atom. The van der Waals surface area contributed by atoms with E-state index in [1.165, 1.54) is 6.07 Å². The molecule has 0 radical (unpaired) electrons. The Labute approximate surface area is 116 Å².